The van der Waals surface area contributed by atoms with E-state index in [2.05, 4.69) is 15.6 Å². The van der Waals surface area contributed by atoms with E-state index in [1.807, 2.05) is 0 Å². The summed E-state index contributed by atoms with van der Waals surface area (Å²) in [6.45, 7) is 0. The number of pyridine rings is 1. The summed E-state index contributed by atoms with van der Waals surface area (Å²) >= 11 is 0. The number of rotatable bonds is 4. The fourth-order valence-electron chi connectivity index (χ4n) is 3.07. The second kappa shape index (κ2) is 7.76. The lowest BCUT2D eigenvalue weighted by atomic mass is 9.95. The first-order valence-electron chi connectivity index (χ1n) is 8.62. The second-order valence-corrected chi connectivity index (χ2v) is 6.47. The van der Waals surface area contributed by atoms with E-state index >= 15 is 0 Å². The molecule has 138 valence electrons. The Bertz CT molecular complexity index is 753. The number of amides is 1. The Morgan fingerprint density at radius 1 is 1.00 bits per heavy atom. The second-order valence-electron chi connectivity index (χ2n) is 6.47. The number of aromatic nitrogens is 1. The van der Waals surface area contributed by atoms with Crippen molar-refractivity contribution >= 4 is 17.3 Å². The molecule has 1 aliphatic rings. The number of hydrogen-bond acceptors (Lipinski definition) is 3. The molecule has 1 aromatic heterocycles. The van der Waals surface area contributed by atoms with Crippen LogP contribution in [0.5, 0.6) is 0 Å². The maximum absolute atomic E-state index is 12.6. The largest absolute Gasteiger partial charge is 0.416 e. The molecule has 0 spiro atoms. The summed E-state index contributed by atoms with van der Waals surface area (Å²) in [4.78, 5) is 16.4. The highest BCUT2D eigenvalue weighted by Crippen LogP contribution is 2.30. The standard InChI is InChI=1S/C19H20F3N3O/c20-19(21,22)14-6-8-16(9-7-14)25-18(26)13-10-17(12-23-11-13)24-15-4-2-1-3-5-15/h6-12,15,24H,1-5H2,(H,25,26). The van der Waals surface area contributed by atoms with Gasteiger partial charge in [0.2, 0.25) is 0 Å². The van der Waals surface area contributed by atoms with Crippen molar-refractivity contribution in [2.45, 2.75) is 44.3 Å². The van der Waals surface area contributed by atoms with Gasteiger partial charge in [0.05, 0.1) is 16.8 Å². The van der Waals surface area contributed by atoms with Crippen LogP contribution in [-0.4, -0.2) is 16.9 Å². The normalized spacial score (nSPS) is 15.5. The van der Waals surface area contributed by atoms with Gasteiger partial charge in [0, 0.05) is 24.1 Å². The van der Waals surface area contributed by atoms with Crippen molar-refractivity contribution in [1.82, 2.24) is 4.98 Å². The van der Waals surface area contributed by atoms with Crippen LogP contribution in [0.2, 0.25) is 0 Å². The van der Waals surface area contributed by atoms with Crippen molar-refractivity contribution in [3.8, 4) is 0 Å². The number of halogens is 3. The molecular formula is C19H20F3N3O. The van der Waals surface area contributed by atoms with Gasteiger partial charge in [-0.2, -0.15) is 13.2 Å². The maximum atomic E-state index is 12.6. The van der Waals surface area contributed by atoms with Gasteiger partial charge in [0.15, 0.2) is 0 Å². The molecule has 1 amide bonds. The van der Waals surface area contributed by atoms with Gasteiger partial charge >= 0.3 is 6.18 Å². The van der Waals surface area contributed by atoms with Crippen molar-refractivity contribution in [2.75, 3.05) is 10.6 Å². The van der Waals surface area contributed by atoms with E-state index in [0.717, 1.165) is 30.7 Å². The van der Waals surface area contributed by atoms with E-state index in [9.17, 15) is 18.0 Å². The number of carbonyl (C=O) groups excluding carboxylic acids is 1. The number of carbonyl (C=O) groups is 1. The summed E-state index contributed by atoms with van der Waals surface area (Å²) in [5, 5.41) is 5.99. The van der Waals surface area contributed by atoms with Gasteiger partial charge in [-0.05, 0) is 43.2 Å². The Kier molecular flexibility index (Phi) is 5.44. The highest BCUT2D eigenvalue weighted by molar-refractivity contribution is 6.04. The molecule has 0 unspecified atom stereocenters. The van der Waals surface area contributed by atoms with Crippen LogP contribution >= 0.6 is 0 Å². The zero-order valence-electron chi connectivity index (χ0n) is 14.1. The first-order valence-corrected chi connectivity index (χ1v) is 8.62. The minimum atomic E-state index is -4.40. The lowest BCUT2D eigenvalue weighted by Crippen LogP contribution is -2.22. The minimum absolute atomic E-state index is 0.300. The van der Waals surface area contributed by atoms with E-state index < -0.39 is 17.6 Å². The Morgan fingerprint density at radius 3 is 2.35 bits per heavy atom. The Balaban J connectivity index is 1.65. The van der Waals surface area contributed by atoms with E-state index in [-0.39, 0.29) is 0 Å². The molecule has 2 N–H and O–H groups in total. The minimum Gasteiger partial charge on any atom is -0.381 e. The van der Waals surface area contributed by atoms with Gasteiger partial charge in [0.1, 0.15) is 0 Å². The molecule has 1 aromatic carbocycles. The van der Waals surface area contributed by atoms with Gasteiger partial charge < -0.3 is 10.6 Å². The van der Waals surface area contributed by atoms with Gasteiger partial charge in [-0.15, -0.1) is 0 Å². The first kappa shape index (κ1) is 18.2. The molecule has 1 heterocycles. The zero-order valence-corrected chi connectivity index (χ0v) is 14.1. The summed E-state index contributed by atoms with van der Waals surface area (Å²) < 4.78 is 37.7. The third-order valence-electron chi connectivity index (χ3n) is 4.45. The fourth-order valence-corrected chi connectivity index (χ4v) is 3.07. The SMILES string of the molecule is O=C(Nc1ccc(C(F)(F)F)cc1)c1cncc(NC2CCCCC2)c1. The molecule has 7 heteroatoms. The third kappa shape index (κ3) is 4.74. The van der Waals surface area contributed by atoms with E-state index in [1.54, 1.807) is 12.3 Å². The summed E-state index contributed by atoms with van der Waals surface area (Å²) in [6, 6.07) is 6.44. The highest BCUT2D eigenvalue weighted by Gasteiger charge is 2.30. The molecule has 1 saturated carbocycles. The van der Waals surface area contributed by atoms with Gasteiger partial charge in [-0.3, -0.25) is 9.78 Å². The number of nitrogens with zero attached hydrogens (tertiary/aromatic N) is 1. The maximum Gasteiger partial charge on any atom is 0.416 e. The summed E-state index contributed by atoms with van der Waals surface area (Å²) in [5.41, 5.74) is 0.673. The van der Waals surface area contributed by atoms with Crippen LogP contribution in [0.15, 0.2) is 42.7 Å². The molecule has 0 aliphatic heterocycles. The number of anilines is 2. The number of hydrogen-bond donors (Lipinski definition) is 2. The summed E-state index contributed by atoms with van der Waals surface area (Å²) in [7, 11) is 0. The predicted octanol–water partition coefficient (Wildman–Crippen LogP) is 5.10. The van der Waals surface area contributed by atoms with E-state index in [1.165, 1.54) is 37.6 Å². The van der Waals surface area contributed by atoms with Crippen LogP contribution in [0, 0.1) is 0 Å². The van der Waals surface area contributed by atoms with Crippen molar-refractivity contribution in [2.24, 2.45) is 0 Å². The highest BCUT2D eigenvalue weighted by atomic mass is 19.4. The van der Waals surface area contributed by atoms with E-state index in [0.29, 0.717) is 17.3 Å². The molecule has 26 heavy (non-hydrogen) atoms. The quantitative estimate of drug-likeness (QED) is 0.795. The van der Waals surface area contributed by atoms with Crippen LogP contribution < -0.4 is 10.6 Å². The lowest BCUT2D eigenvalue weighted by molar-refractivity contribution is -0.137. The monoisotopic (exact) mass is 363 g/mol. The summed E-state index contributed by atoms with van der Waals surface area (Å²) in [5.74, 6) is -0.412. The van der Waals surface area contributed by atoms with Crippen molar-refractivity contribution < 1.29 is 18.0 Å². The van der Waals surface area contributed by atoms with Crippen molar-refractivity contribution in [3.05, 3.63) is 53.9 Å². The molecular weight excluding hydrogens is 343 g/mol. The van der Waals surface area contributed by atoms with Crippen LogP contribution in [0.1, 0.15) is 48.0 Å². The third-order valence-corrected chi connectivity index (χ3v) is 4.45. The predicted molar refractivity (Wildman–Crippen MR) is 94.1 cm³/mol. The first-order chi connectivity index (χ1) is 12.4. The average Bonchev–Trinajstić information content (AvgIpc) is 2.62. The molecule has 4 nitrogen and oxygen atoms in total. The van der Waals surface area contributed by atoms with Gasteiger partial charge in [-0.25, -0.2) is 0 Å². The molecule has 0 radical (unpaired) electrons. The van der Waals surface area contributed by atoms with Crippen molar-refractivity contribution in [1.29, 1.82) is 0 Å². The van der Waals surface area contributed by atoms with Gasteiger partial charge in [-0.1, -0.05) is 19.3 Å². The van der Waals surface area contributed by atoms with Crippen LogP contribution in [0.4, 0.5) is 24.5 Å². The smallest absolute Gasteiger partial charge is 0.381 e. The Morgan fingerprint density at radius 2 is 1.69 bits per heavy atom. The number of nitrogens with one attached hydrogen (secondary N) is 2. The molecule has 1 fully saturated rings. The molecule has 0 bridgehead atoms. The van der Waals surface area contributed by atoms with E-state index in [4.69, 9.17) is 0 Å². The average molecular weight is 363 g/mol. The molecule has 0 saturated heterocycles. The van der Waals surface area contributed by atoms with Crippen LogP contribution in [0.3, 0.4) is 0 Å². The van der Waals surface area contributed by atoms with Crippen LogP contribution in [-0.2, 0) is 6.18 Å². The molecule has 0 atom stereocenters. The zero-order chi connectivity index (χ0) is 18.6. The number of benzene rings is 1. The van der Waals surface area contributed by atoms with Crippen LogP contribution in [0.25, 0.3) is 0 Å². The molecule has 3 rings (SSSR count). The Labute approximate surface area is 149 Å². The summed E-state index contributed by atoms with van der Waals surface area (Å²) in [6.07, 6.45) is 4.55. The molecule has 2 aromatic rings. The molecule has 1 aliphatic carbocycles. The lowest BCUT2D eigenvalue weighted by Gasteiger charge is -2.23. The topological polar surface area (TPSA) is 54.0 Å². The Hall–Kier alpha value is -2.57. The van der Waals surface area contributed by atoms with Gasteiger partial charge in [0.25, 0.3) is 5.91 Å². The number of alkyl halides is 3. The van der Waals surface area contributed by atoms with Crippen molar-refractivity contribution in [3.63, 3.8) is 0 Å². The fraction of sp³-hybridized carbons (Fsp3) is 0.368.